The average Bonchev–Trinajstić information content (AvgIpc) is 3.35. The molecule has 1 aliphatic heterocycles. The summed E-state index contributed by atoms with van der Waals surface area (Å²) in [6.45, 7) is 6.49. The van der Waals surface area contributed by atoms with Crippen molar-refractivity contribution in [3.8, 4) is 0 Å². The molecule has 3 aromatic rings. The summed E-state index contributed by atoms with van der Waals surface area (Å²) >= 11 is 0. The van der Waals surface area contributed by atoms with Crippen LogP contribution in [0.4, 0.5) is 5.95 Å². The van der Waals surface area contributed by atoms with Gasteiger partial charge in [0.15, 0.2) is 0 Å². The molecule has 2 aliphatic rings. The molecule has 194 valence electrons. The number of anilines is 1. The van der Waals surface area contributed by atoms with E-state index in [1.54, 1.807) is 0 Å². The summed E-state index contributed by atoms with van der Waals surface area (Å²) in [4.78, 5) is 27.0. The molecule has 1 amide bonds. The molecule has 1 N–H and O–H groups in total. The number of hydrogen-bond donors (Lipinski definition) is 1. The lowest BCUT2D eigenvalue weighted by molar-refractivity contribution is 0.0936. The lowest BCUT2D eigenvalue weighted by Crippen LogP contribution is -2.47. The fourth-order valence-corrected chi connectivity index (χ4v) is 6.28. The Balaban J connectivity index is 1.22. The van der Waals surface area contributed by atoms with Gasteiger partial charge in [-0.3, -0.25) is 4.79 Å². The third-order valence-corrected chi connectivity index (χ3v) is 8.06. The highest BCUT2D eigenvalue weighted by atomic mass is 16.1. The molecule has 1 aromatic heterocycles. The van der Waals surface area contributed by atoms with Crippen LogP contribution in [-0.4, -0.2) is 59.0 Å². The lowest BCUT2D eigenvalue weighted by Gasteiger charge is -2.39. The molecule has 1 saturated heterocycles. The van der Waals surface area contributed by atoms with E-state index in [0.29, 0.717) is 17.9 Å². The number of carbonyl (C=O) groups excluding carboxylic acids is 1. The van der Waals surface area contributed by atoms with Gasteiger partial charge in [0.1, 0.15) is 0 Å². The standard InChI is InChI=1S/C31H39N5O/c1-2-18-36(31-32-16-9-17-33-31)28-14-19-35(20-15-28)23-26-21-27(22-29(26)24-10-5-3-6-11-24)34-30(37)25-12-7-4-8-13-25/h3-13,16-17,26-29H,2,14-15,18-23H2,1H3,(H,34,37)/t26-,27+,29-/m1/s1. The van der Waals surface area contributed by atoms with Crippen LogP contribution in [0.3, 0.4) is 0 Å². The molecule has 0 unspecified atom stereocenters. The second kappa shape index (κ2) is 12.3. The van der Waals surface area contributed by atoms with Gasteiger partial charge in [-0.2, -0.15) is 0 Å². The number of likely N-dealkylation sites (tertiary alicyclic amines) is 1. The maximum Gasteiger partial charge on any atom is 0.251 e. The Kier molecular flexibility index (Phi) is 8.46. The molecular formula is C31H39N5O. The average molecular weight is 498 g/mol. The molecule has 6 nitrogen and oxygen atoms in total. The van der Waals surface area contributed by atoms with Crippen molar-refractivity contribution in [3.05, 3.63) is 90.3 Å². The first-order chi connectivity index (χ1) is 18.2. The van der Waals surface area contributed by atoms with E-state index in [9.17, 15) is 4.79 Å². The number of benzene rings is 2. The summed E-state index contributed by atoms with van der Waals surface area (Å²) in [5.41, 5.74) is 2.14. The van der Waals surface area contributed by atoms with Crippen LogP contribution in [0.2, 0.25) is 0 Å². The molecular weight excluding hydrogens is 458 g/mol. The molecule has 0 bridgehead atoms. The maximum atomic E-state index is 12.9. The quantitative estimate of drug-likeness (QED) is 0.443. The number of aromatic nitrogens is 2. The number of hydrogen-bond acceptors (Lipinski definition) is 5. The summed E-state index contributed by atoms with van der Waals surface area (Å²) in [6.07, 6.45) is 9.07. The Labute approximate surface area is 221 Å². The number of piperidine rings is 1. The van der Waals surface area contributed by atoms with E-state index in [1.807, 2.05) is 48.8 Å². The van der Waals surface area contributed by atoms with Gasteiger partial charge in [0.2, 0.25) is 5.95 Å². The zero-order valence-corrected chi connectivity index (χ0v) is 21.9. The third kappa shape index (κ3) is 6.37. The number of carbonyl (C=O) groups is 1. The zero-order valence-electron chi connectivity index (χ0n) is 21.9. The van der Waals surface area contributed by atoms with Crippen molar-refractivity contribution in [3.63, 3.8) is 0 Å². The summed E-state index contributed by atoms with van der Waals surface area (Å²) in [5.74, 6) is 1.90. The minimum Gasteiger partial charge on any atom is -0.349 e. The second-order valence-corrected chi connectivity index (χ2v) is 10.6. The SMILES string of the molecule is CCCN(c1ncccn1)C1CCN(C[C@H]2C[C@H](NC(=O)c3ccccc3)C[C@@H]2c2ccccc2)CC1. The van der Waals surface area contributed by atoms with Gasteiger partial charge in [-0.15, -0.1) is 0 Å². The van der Waals surface area contributed by atoms with Crippen LogP contribution in [-0.2, 0) is 0 Å². The smallest absolute Gasteiger partial charge is 0.251 e. The third-order valence-electron chi connectivity index (χ3n) is 8.06. The Hall–Kier alpha value is -3.25. The van der Waals surface area contributed by atoms with E-state index < -0.39 is 0 Å². The highest BCUT2D eigenvalue weighted by Crippen LogP contribution is 2.41. The first-order valence-corrected chi connectivity index (χ1v) is 13.9. The minimum atomic E-state index is 0.0398. The van der Waals surface area contributed by atoms with Crippen LogP contribution in [0.5, 0.6) is 0 Å². The van der Waals surface area contributed by atoms with Crippen LogP contribution < -0.4 is 10.2 Å². The molecule has 2 heterocycles. The van der Waals surface area contributed by atoms with Gasteiger partial charge in [0, 0.05) is 56.2 Å². The minimum absolute atomic E-state index is 0.0398. The van der Waals surface area contributed by atoms with E-state index in [0.717, 1.165) is 69.8 Å². The van der Waals surface area contributed by atoms with Crippen LogP contribution in [0.1, 0.15) is 60.9 Å². The summed E-state index contributed by atoms with van der Waals surface area (Å²) in [5, 5.41) is 3.34. The van der Waals surface area contributed by atoms with Crippen molar-refractivity contribution < 1.29 is 4.79 Å². The van der Waals surface area contributed by atoms with Gasteiger partial charge in [-0.25, -0.2) is 9.97 Å². The predicted octanol–water partition coefficient (Wildman–Crippen LogP) is 5.15. The van der Waals surface area contributed by atoms with Gasteiger partial charge < -0.3 is 15.1 Å². The van der Waals surface area contributed by atoms with Crippen molar-refractivity contribution in [2.24, 2.45) is 5.92 Å². The molecule has 1 aliphatic carbocycles. The van der Waals surface area contributed by atoms with Crippen molar-refractivity contribution in [2.75, 3.05) is 31.1 Å². The van der Waals surface area contributed by atoms with E-state index in [-0.39, 0.29) is 11.9 Å². The molecule has 5 rings (SSSR count). The Morgan fingerprint density at radius 1 is 0.946 bits per heavy atom. The Bertz CT molecular complexity index is 1100. The van der Waals surface area contributed by atoms with Gasteiger partial charge in [0.25, 0.3) is 5.91 Å². The van der Waals surface area contributed by atoms with Gasteiger partial charge in [0.05, 0.1) is 0 Å². The maximum absolute atomic E-state index is 12.9. The van der Waals surface area contributed by atoms with Crippen LogP contribution in [0, 0.1) is 5.92 Å². The Morgan fingerprint density at radius 3 is 2.30 bits per heavy atom. The fraction of sp³-hybridized carbons (Fsp3) is 0.452. The van der Waals surface area contributed by atoms with Crippen molar-refractivity contribution in [2.45, 2.75) is 57.0 Å². The highest BCUT2D eigenvalue weighted by Gasteiger charge is 2.37. The van der Waals surface area contributed by atoms with Crippen LogP contribution in [0.25, 0.3) is 0 Å². The molecule has 0 radical (unpaired) electrons. The molecule has 2 aromatic carbocycles. The van der Waals surface area contributed by atoms with E-state index in [2.05, 4.69) is 62.3 Å². The fourth-order valence-electron chi connectivity index (χ4n) is 6.28. The molecule has 2 fully saturated rings. The molecule has 6 heteroatoms. The van der Waals surface area contributed by atoms with Crippen LogP contribution >= 0.6 is 0 Å². The van der Waals surface area contributed by atoms with Gasteiger partial charge in [-0.05, 0) is 67.7 Å². The normalized spacial score (nSPS) is 22.6. The summed E-state index contributed by atoms with van der Waals surface area (Å²) in [6, 6.07) is 23.0. The van der Waals surface area contributed by atoms with Crippen molar-refractivity contribution >= 4 is 11.9 Å². The summed E-state index contributed by atoms with van der Waals surface area (Å²) in [7, 11) is 0. The molecule has 3 atom stereocenters. The van der Waals surface area contributed by atoms with Crippen molar-refractivity contribution in [1.82, 2.24) is 20.2 Å². The molecule has 0 spiro atoms. The Morgan fingerprint density at radius 2 is 1.62 bits per heavy atom. The second-order valence-electron chi connectivity index (χ2n) is 10.6. The number of rotatable bonds is 9. The first kappa shape index (κ1) is 25.4. The molecule has 1 saturated carbocycles. The monoisotopic (exact) mass is 497 g/mol. The zero-order chi connectivity index (χ0) is 25.5. The van der Waals surface area contributed by atoms with Crippen molar-refractivity contribution in [1.29, 1.82) is 0 Å². The largest absolute Gasteiger partial charge is 0.349 e. The number of nitrogens with zero attached hydrogens (tertiary/aromatic N) is 4. The number of nitrogens with one attached hydrogen (secondary N) is 1. The first-order valence-electron chi connectivity index (χ1n) is 13.9. The van der Waals surface area contributed by atoms with Gasteiger partial charge >= 0.3 is 0 Å². The van der Waals surface area contributed by atoms with Crippen LogP contribution in [0.15, 0.2) is 79.1 Å². The number of amides is 1. The van der Waals surface area contributed by atoms with E-state index >= 15 is 0 Å². The van der Waals surface area contributed by atoms with E-state index in [4.69, 9.17) is 0 Å². The topological polar surface area (TPSA) is 61.4 Å². The predicted molar refractivity (Wildman–Crippen MR) is 149 cm³/mol. The lowest BCUT2D eigenvalue weighted by atomic mass is 9.88. The summed E-state index contributed by atoms with van der Waals surface area (Å²) < 4.78 is 0. The molecule has 37 heavy (non-hydrogen) atoms. The highest BCUT2D eigenvalue weighted by molar-refractivity contribution is 5.94. The van der Waals surface area contributed by atoms with Gasteiger partial charge in [-0.1, -0.05) is 55.5 Å². The van der Waals surface area contributed by atoms with E-state index in [1.165, 1.54) is 5.56 Å².